The Morgan fingerprint density at radius 2 is 2.24 bits per heavy atom. The third-order valence-electron chi connectivity index (χ3n) is 4.37. The molecule has 17 heavy (non-hydrogen) atoms. The molecule has 0 aromatic carbocycles. The van der Waals surface area contributed by atoms with Crippen LogP contribution in [-0.4, -0.2) is 37.2 Å². The minimum Gasteiger partial charge on any atom is -0.377 e. The van der Waals surface area contributed by atoms with Crippen LogP contribution in [0.25, 0.3) is 0 Å². The first-order valence-electron chi connectivity index (χ1n) is 7.17. The predicted molar refractivity (Wildman–Crippen MR) is 72.1 cm³/mol. The second-order valence-corrected chi connectivity index (χ2v) is 5.98. The molecule has 0 amide bonds. The second kappa shape index (κ2) is 6.01. The highest BCUT2D eigenvalue weighted by Gasteiger charge is 2.26. The molecule has 2 rings (SSSR count). The van der Waals surface area contributed by atoms with Crippen molar-refractivity contribution in [2.45, 2.75) is 46.1 Å². The molecule has 0 aliphatic carbocycles. The zero-order chi connectivity index (χ0) is 12.3. The van der Waals surface area contributed by atoms with Gasteiger partial charge in [-0.3, -0.25) is 0 Å². The summed E-state index contributed by atoms with van der Waals surface area (Å²) < 4.78 is 5.38. The Morgan fingerprint density at radius 1 is 1.41 bits per heavy atom. The number of hydrogen-bond acceptors (Lipinski definition) is 2. The largest absolute Gasteiger partial charge is 0.377 e. The Morgan fingerprint density at radius 3 is 2.82 bits per heavy atom. The maximum Gasteiger partial charge on any atom is 0.0650 e. The van der Waals surface area contributed by atoms with Gasteiger partial charge in [0.05, 0.1) is 13.2 Å². The third kappa shape index (κ3) is 3.56. The number of likely N-dealkylation sites (tertiary alicyclic amines) is 1. The van der Waals surface area contributed by atoms with Crippen LogP contribution in [0.5, 0.6) is 0 Å². The van der Waals surface area contributed by atoms with Crippen molar-refractivity contribution in [3.63, 3.8) is 0 Å². The topological polar surface area (TPSA) is 12.5 Å². The molecule has 0 N–H and O–H groups in total. The van der Waals surface area contributed by atoms with Crippen LogP contribution in [0, 0.1) is 11.8 Å². The first kappa shape index (κ1) is 13.1. The van der Waals surface area contributed by atoms with Crippen molar-refractivity contribution < 1.29 is 4.74 Å². The first-order chi connectivity index (χ1) is 8.16. The summed E-state index contributed by atoms with van der Waals surface area (Å²) in [7, 11) is 0. The third-order valence-corrected chi connectivity index (χ3v) is 4.37. The Hall–Kier alpha value is -0.340. The van der Waals surface area contributed by atoms with Gasteiger partial charge in [0.15, 0.2) is 0 Å². The van der Waals surface area contributed by atoms with Crippen molar-refractivity contribution in [2.24, 2.45) is 11.8 Å². The van der Waals surface area contributed by atoms with E-state index < -0.39 is 0 Å². The summed E-state index contributed by atoms with van der Waals surface area (Å²) in [6.07, 6.45) is 6.23. The van der Waals surface area contributed by atoms with Crippen LogP contribution in [-0.2, 0) is 4.74 Å². The Balaban J connectivity index is 1.79. The van der Waals surface area contributed by atoms with Crippen molar-refractivity contribution in [3.05, 3.63) is 11.6 Å². The van der Waals surface area contributed by atoms with Crippen molar-refractivity contribution in [2.75, 3.05) is 26.3 Å². The zero-order valence-corrected chi connectivity index (χ0v) is 11.6. The fraction of sp³-hybridized carbons (Fsp3) is 0.867. The Bertz CT molecular complexity index is 272. The maximum atomic E-state index is 5.38. The van der Waals surface area contributed by atoms with Crippen LogP contribution in [0.1, 0.15) is 40.0 Å². The second-order valence-electron chi connectivity index (χ2n) is 5.98. The lowest BCUT2D eigenvalue weighted by Crippen LogP contribution is -2.28. The van der Waals surface area contributed by atoms with E-state index in [0.29, 0.717) is 0 Å². The maximum absolute atomic E-state index is 5.38. The first-order valence-corrected chi connectivity index (χ1v) is 7.17. The number of nitrogens with zero attached hydrogens (tertiary/aromatic N) is 1. The summed E-state index contributed by atoms with van der Waals surface area (Å²) in [5.41, 5.74) is 1.64. The van der Waals surface area contributed by atoms with Crippen LogP contribution in [0.3, 0.4) is 0 Å². The van der Waals surface area contributed by atoms with E-state index in [1.807, 2.05) is 0 Å². The summed E-state index contributed by atoms with van der Waals surface area (Å²) in [5.74, 6) is 1.67. The average molecular weight is 237 g/mol. The molecule has 0 saturated carbocycles. The van der Waals surface area contributed by atoms with E-state index >= 15 is 0 Å². The van der Waals surface area contributed by atoms with Gasteiger partial charge in [0, 0.05) is 12.6 Å². The highest BCUT2D eigenvalue weighted by molar-refractivity contribution is 5.08. The van der Waals surface area contributed by atoms with Crippen LogP contribution < -0.4 is 0 Å². The molecular formula is C15H27NO. The van der Waals surface area contributed by atoms with Gasteiger partial charge in [-0.05, 0) is 51.5 Å². The predicted octanol–water partition coefficient (Wildman–Crippen LogP) is 3.09. The molecule has 98 valence electrons. The summed E-state index contributed by atoms with van der Waals surface area (Å²) >= 11 is 0. The minimum absolute atomic E-state index is 0.720. The number of hydrogen-bond donors (Lipinski definition) is 0. The zero-order valence-electron chi connectivity index (χ0n) is 11.6. The van der Waals surface area contributed by atoms with Crippen molar-refractivity contribution in [1.82, 2.24) is 4.90 Å². The number of rotatable bonds is 4. The Labute approximate surface area is 106 Å². The SMILES string of the molecule is CC(CC1CCN(C(C)C)C1)C1=CCOCC1. The standard InChI is InChI=1S/C15H27NO/c1-12(2)16-7-4-14(11-16)10-13(3)15-5-8-17-9-6-15/h5,12-14H,4,6-11H2,1-3H3. The summed E-state index contributed by atoms with van der Waals surface area (Å²) in [6.45, 7) is 11.4. The molecule has 1 saturated heterocycles. The molecule has 0 aromatic rings. The van der Waals surface area contributed by atoms with Gasteiger partial charge in [0.2, 0.25) is 0 Å². The molecule has 2 nitrogen and oxygen atoms in total. The molecule has 2 aliphatic rings. The molecule has 0 spiro atoms. The molecule has 2 heteroatoms. The van der Waals surface area contributed by atoms with Crippen molar-refractivity contribution >= 4 is 0 Å². The van der Waals surface area contributed by atoms with Crippen LogP contribution in [0.2, 0.25) is 0 Å². The van der Waals surface area contributed by atoms with E-state index in [2.05, 4.69) is 31.7 Å². The van der Waals surface area contributed by atoms with Crippen molar-refractivity contribution in [3.8, 4) is 0 Å². The lowest BCUT2D eigenvalue weighted by atomic mass is 9.87. The molecule has 2 heterocycles. The lowest BCUT2D eigenvalue weighted by molar-refractivity contribution is 0.150. The fourth-order valence-electron chi connectivity index (χ4n) is 3.16. The van der Waals surface area contributed by atoms with Crippen molar-refractivity contribution in [1.29, 1.82) is 0 Å². The molecular weight excluding hydrogens is 210 g/mol. The molecule has 0 radical (unpaired) electrons. The van der Waals surface area contributed by atoms with Gasteiger partial charge in [0.25, 0.3) is 0 Å². The van der Waals surface area contributed by atoms with Gasteiger partial charge in [0.1, 0.15) is 0 Å². The van der Waals surface area contributed by atoms with Gasteiger partial charge in [-0.1, -0.05) is 18.6 Å². The van der Waals surface area contributed by atoms with Crippen LogP contribution >= 0.6 is 0 Å². The van der Waals surface area contributed by atoms with Crippen LogP contribution in [0.15, 0.2) is 11.6 Å². The molecule has 2 aliphatic heterocycles. The Kier molecular flexibility index (Phi) is 4.63. The van der Waals surface area contributed by atoms with Gasteiger partial charge in [-0.25, -0.2) is 0 Å². The van der Waals surface area contributed by atoms with Gasteiger partial charge in [-0.15, -0.1) is 0 Å². The smallest absolute Gasteiger partial charge is 0.0650 e. The summed E-state index contributed by atoms with van der Waals surface area (Å²) in [5, 5.41) is 0. The molecule has 0 aromatic heterocycles. The monoisotopic (exact) mass is 237 g/mol. The average Bonchev–Trinajstić information content (AvgIpc) is 2.79. The van der Waals surface area contributed by atoms with E-state index in [4.69, 9.17) is 4.74 Å². The van der Waals surface area contributed by atoms with E-state index in [1.54, 1.807) is 5.57 Å². The normalized spacial score (nSPS) is 28.5. The van der Waals surface area contributed by atoms with Crippen LogP contribution in [0.4, 0.5) is 0 Å². The molecule has 1 fully saturated rings. The summed E-state index contributed by atoms with van der Waals surface area (Å²) in [4.78, 5) is 2.62. The quantitative estimate of drug-likeness (QED) is 0.697. The lowest BCUT2D eigenvalue weighted by Gasteiger charge is -2.24. The van der Waals surface area contributed by atoms with Gasteiger partial charge in [-0.2, -0.15) is 0 Å². The van der Waals surface area contributed by atoms with E-state index in [0.717, 1.165) is 37.5 Å². The number of ether oxygens (including phenoxy) is 1. The van der Waals surface area contributed by atoms with Gasteiger partial charge >= 0.3 is 0 Å². The van der Waals surface area contributed by atoms with E-state index in [-0.39, 0.29) is 0 Å². The summed E-state index contributed by atoms with van der Waals surface area (Å²) in [6, 6.07) is 0.720. The fourth-order valence-corrected chi connectivity index (χ4v) is 3.16. The van der Waals surface area contributed by atoms with Gasteiger partial charge < -0.3 is 9.64 Å². The molecule has 2 atom stereocenters. The highest BCUT2D eigenvalue weighted by atomic mass is 16.5. The minimum atomic E-state index is 0.720. The van der Waals surface area contributed by atoms with E-state index in [1.165, 1.54) is 25.9 Å². The molecule has 2 unspecified atom stereocenters. The molecule has 0 bridgehead atoms. The van der Waals surface area contributed by atoms with E-state index in [9.17, 15) is 0 Å². The highest BCUT2D eigenvalue weighted by Crippen LogP contribution is 2.29.